The van der Waals surface area contributed by atoms with Gasteiger partial charge in [0.15, 0.2) is 0 Å². The topological polar surface area (TPSA) is 77.4 Å². The van der Waals surface area contributed by atoms with Crippen LogP contribution in [0.2, 0.25) is 0 Å². The van der Waals surface area contributed by atoms with Crippen LogP contribution in [0.25, 0.3) is 0 Å². The zero-order chi connectivity index (χ0) is 15.7. The average molecular weight is 300 g/mol. The Labute approximate surface area is 125 Å². The molecule has 6 heteroatoms. The van der Waals surface area contributed by atoms with E-state index in [2.05, 4.69) is 0 Å². The summed E-state index contributed by atoms with van der Waals surface area (Å²) in [5, 5.41) is 19.5. The quantitative estimate of drug-likeness (QED) is 0.631. The van der Waals surface area contributed by atoms with Crippen LogP contribution in [-0.2, 0) is 9.47 Å². The Kier molecular flexibility index (Phi) is 8.07. The largest absolute Gasteiger partial charge is 0.497 e. The molecule has 21 heavy (non-hydrogen) atoms. The molecule has 0 aromatic heterocycles. The van der Waals surface area contributed by atoms with E-state index < -0.39 is 12.2 Å². The van der Waals surface area contributed by atoms with Crippen LogP contribution in [0.5, 0.6) is 11.5 Å². The van der Waals surface area contributed by atoms with E-state index in [0.29, 0.717) is 30.3 Å². The van der Waals surface area contributed by atoms with Crippen LogP contribution in [-0.4, -0.2) is 57.0 Å². The molecule has 2 atom stereocenters. The minimum absolute atomic E-state index is 0.0693. The predicted molar refractivity (Wildman–Crippen MR) is 77.8 cm³/mol. The van der Waals surface area contributed by atoms with Crippen LogP contribution in [0, 0.1) is 0 Å². The van der Waals surface area contributed by atoms with Crippen molar-refractivity contribution in [3.8, 4) is 11.5 Å². The number of methoxy groups -OCH3 is 2. The van der Waals surface area contributed by atoms with Gasteiger partial charge in [0, 0.05) is 18.7 Å². The fraction of sp³-hybridized carbons (Fsp3) is 0.600. The van der Waals surface area contributed by atoms with E-state index >= 15 is 0 Å². The highest BCUT2D eigenvalue weighted by atomic mass is 16.5. The molecule has 1 aromatic carbocycles. The summed E-state index contributed by atoms with van der Waals surface area (Å²) >= 11 is 0. The Balaban J connectivity index is 2.52. The van der Waals surface area contributed by atoms with Gasteiger partial charge in [-0.25, -0.2) is 0 Å². The van der Waals surface area contributed by atoms with Gasteiger partial charge in [-0.3, -0.25) is 0 Å². The molecule has 0 aliphatic rings. The van der Waals surface area contributed by atoms with Crippen molar-refractivity contribution in [1.29, 1.82) is 0 Å². The monoisotopic (exact) mass is 300 g/mol. The molecular formula is C15H24O6. The maximum absolute atomic E-state index is 9.78. The summed E-state index contributed by atoms with van der Waals surface area (Å²) in [6, 6.07) is 5.17. The number of hydrogen-bond acceptors (Lipinski definition) is 6. The SMILES string of the molecule is COCCOCC(O)COc1cc(OC)ccc1C(C)O. The summed E-state index contributed by atoms with van der Waals surface area (Å²) in [6.45, 7) is 2.79. The number of hydrogen-bond donors (Lipinski definition) is 2. The lowest BCUT2D eigenvalue weighted by Crippen LogP contribution is -2.24. The van der Waals surface area contributed by atoms with Gasteiger partial charge in [0.05, 0.1) is 33.0 Å². The highest BCUT2D eigenvalue weighted by molar-refractivity contribution is 5.41. The molecule has 0 amide bonds. The van der Waals surface area contributed by atoms with Crippen LogP contribution in [0.4, 0.5) is 0 Å². The van der Waals surface area contributed by atoms with E-state index in [1.807, 2.05) is 0 Å². The van der Waals surface area contributed by atoms with Gasteiger partial charge in [-0.15, -0.1) is 0 Å². The Morgan fingerprint density at radius 2 is 1.86 bits per heavy atom. The molecule has 0 bridgehead atoms. The van der Waals surface area contributed by atoms with Crippen LogP contribution < -0.4 is 9.47 Å². The molecule has 1 aromatic rings. The van der Waals surface area contributed by atoms with Crippen LogP contribution >= 0.6 is 0 Å². The van der Waals surface area contributed by atoms with E-state index in [-0.39, 0.29) is 13.2 Å². The van der Waals surface area contributed by atoms with Gasteiger partial charge in [-0.1, -0.05) is 0 Å². The molecule has 120 valence electrons. The molecule has 6 nitrogen and oxygen atoms in total. The second kappa shape index (κ2) is 9.57. The second-order valence-corrected chi connectivity index (χ2v) is 4.61. The maximum atomic E-state index is 9.78. The third-order valence-electron chi connectivity index (χ3n) is 2.84. The van der Waals surface area contributed by atoms with Crippen molar-refractivity contribution in [1.82, 2.24) is 0 Å². The average Bonchev–Trinajstić information content (AvgIpc) is 2.49. The zero-order valence-electron chi connectivity index (χ0n) is 12.7. The van der Waals surface area contributed by atoms with E-state index in [1.165, 1.54) is 0 Å². The fourth-order valence-electron chi connectivity index (χ4n) is 1.71. The molecular weight excluding hydrogens is 276 g/mol. The van der Waals surface area contributed by atoms with E-state index in [1.54, 1.807) is 39.3 Å². The predicted octanol–water partition coefficient (Wildman–Crippen LogP) is 1.15. The normalized spacial score (nSPS) is 13.8. The molecule has 0 saturated carbocycles. The lowest BCUT2D eigenvalue weighted by Gasteiger charge is -2.17. The van der Waals surface area contributed by atoms with Crippen molar-refractivity contribution in [3.05, 3.63) is 23.8 Å². The minimum atomic E-state index is -0.755. The summed E-state index contributed by atoms with van der Waals surface area (Å²) in [7, 11) is 3.14. The Hall–Kier alpha value is -1.34. The highest BCUT2D eigenvalue weighted by Crippen LogP contribution is 2.29. The van der Waals surface area contributed by atoms with Crippen molar-refractivity contribution < 1.29 is 29.2 Å². The third kappa shape index (κ3) is 6.31. The number of rotatable bonds is 10. The second-order valence-electron chi connectivity index (χ2n) is 4.61. The molecule has 2 unspecified atom stereocenters. The molecule has 0 spiro atoms. The highest BCUT2D eigenvalue weighted by Gasteiger charge is 2.13. The molecule has 1 rings (SSSR count). The summed E-state index contributed by atoms with van der Waals surface area (Å²) in [5.41, 5.74) is 0.642. The molecule has 0 fully saturated rings. The molecule has 0 aliphatic carbocycles. The third-order valence-corrected chi connectivity index (χ3v) is 2.84. The molecule has 0 radical (unpaired) electrons. The van der Waals surface area contributed by atoms with Gasteiger partial charge in [0.25, 0.3) is 0 Å². The first-order valence-electron chi connectivity index (χ1n) is 6.82. The van der Waals surface area contributed by atoms with E-state index in [0.717, 1.165) is 0 Å². The molecule has 0 heterocycles. The molecule has 0 saturated heterocycles. The smallest absolute Gasteiger partial charge is 0.128 e. The van der Waals surface area contributed by atoms with Crippen LogP contribution in [0.1, 0.15) is 18.6 Å². The Morgan fingerprint density at radius 3 is 2.48 bits per heavy atom. The van der Waals surface area contributed by atoms with Gasteiger partial charge in [0.1, 0.15) is 24.2 Å². The van der Waals surface area contributed by atoms with Crippen molar-refractivity contribution >= 4 is 0 Å². The molecule has 2 N–H and O–H groups in total. The van der Waals surface area contributed by atoms with Crippen molar-refractivity contribution in [2.75, 3.05) is 40.6 Å². The van der Waals surface area contributed by atoms with Crippen LogP contribution in [0.15, 0.2) is 18.2 Å². The lowest BCUT2D eigenvalue weighted by molar-refractivity contribution is -0.00462. The summed E-state index contributed by atoms with van der Waals surface area (Å²) < 4.78 is 20.7. The number of aliphatic hydroxyl groups is 2. The van der Waals surface area contributed by atoms with Gasteiger partial charge in [-0.05, 0) is 19.1 Å². The van der Waals surface area contributed by atoms with Crippen molar-refractivity contribution in [2.24, 2.45) is 0 Å². The van der Waals surface area contributed by atoms with E-state index in [9.17, 15) is 10.2 Å². The van der Waals surface area contributed by atoms with Crippen molar-refractivity contribution in [2.45, 2.75) is 19.1 Å². The fourth-order valence-corrected chi connectivity index (χ4v) is 1.71. The first-order valence-corrected chi connectivity index (χ1v) is 6.82. The maximum Gasteiger partial charge on any atom is 0.128 e. The number of ether oxygens (including phenoxy) is 4. The lowest BCUT2D eigenvalue weighted by atomic mass is 10.1. The standard InChI is InChI=1S/C15H24O6/c1-11(16)14-5-4-13(19-3)8-15(14)21-10-12(17)9-20-7-6-18-2/h4-5,8,11-12,16-17H,6-7,9-10H2,1-3H3. The summed E-state index contributed by atoms with van der Waals surface area (Å²) in [5.74, 6) is 1.11. The summed E-state index contributed by atoms with van der Waals surface area (Å²) in [4.78, 5) is 0. The van der Waals surface area contributed by atoms with E-state index in [4.69, 9.17) is 18.9 Å². The number of benzene rings is 1. The molecule has 0 aliphatic heterocycles. The minimum Gasteiger partial charge on any atom is -0.497 e. The Bertz CT molecular complexity index is 407. The van der Waals surface area contributed by atoms with Crippen LogP contribution in [0.3, 0.4) is 0 Å². The first kappa shape index (κ1) is 17.7. The van der Waals surface area contributed by atoms with Gasteiger partial charge < -0.3 is 29.2 Å². The zero-order valence-corrected chi connectivity index (χ0v) is 12.7. The van der Waals surface area contributed by atoms with Gasteiger partial charge in [-0.2, -0.15) is 0 Å². The van der Waals surface area contributed by atoms with Crippen molar-refractivity contribution in [3.63, 3.8) is 0 Å². The van der Waals surface area contributed by atoms with Gasteiger partial charge >= 0.3 is 0 Å². The Morgan fingerprint density at radius 1 is 1.10 bits per heavy atom. The van der Waals surface area contributed by atoms with Gasteiger partial charge in [0.2, 0.25) is 0 Å². The summed E-state index contributed by atoms with van der Waals surface area (Å²) in [6.07, 6.45) is -1.42. The first-order chi connectivity index (χ1) is 10.1. The number of aliphatic hydroxyl groups excluding tert-OH is 2.